The molecule has 3 aromatic rings. The Balaban J connectivity index is 2.31. The number of halogens is 2. The highest BCUT2D eigenvalue weighted by molar-refractivity contribution is 6.31. The summed E-state index contributed by atoms with van der Waals surface area (Å²) in [5.41, 5.74) is 6.53. The van der Waals surface area contributed by atoms with E-state index in [1.165, 1.54) is 12.1 Å². The van der Waals surface area contributed by atoms with Gasteiger partial charge in [-0.25, -0.2) is 0 Å². The predicted molar refractivity (Wildman–Crippen MR) is 106 cm³/mol. The minimum atomic E-state index is -0.843. The maximum absolute atomic E-state index is 12.7. The Bertz CT molecular complexity index is 1170. The van der Waals surface area contributed by atoms with Crippen molar-refractivity contribution < 1.29 is 4.79 Å². The Labute approximate surface area is 170 Å². The average molecular weight is 416 g/mol. The van der Waals surface area contributed by atoms with Crippen molar-refractivity contribution in [1.29, 1.82) is 5.26 Å². The topological polar surface area (TPSA) is 107 Å². The molecule has 0 saturated heterocycles. The van der Waals surface area contributed by atoms with Crippen molar-refractivity contribution >= 4 is 29.1 Å². The van der Waals surface area contributed by atoms with Gasteiger partial charge in [0.15, 0.2) is 10.6 Å². The molecule has 28 heavy (non-hydrogen) atoms. The van der Waals surface area contributed by atoms with E-state index in [0.717, 1.165) is 0 Å². The standard InChI is InChI=1S/C19H15Cl2N5O2/c1-2-26-13(10-25-6-5-16(21)24-25)8-15(27)17(19(23)28)18(26)11-3-4-14(20)12(7-11)9-22/h3-8H,2,10H2,1H3,(H2,23,28). The molecule has 7 nitrogen and oxygen atoms in total. The molecule has 0 spiro atoms. The molecule has 0 saturated carbocycles. The molecule has 142 valence electrons. The molecule has 1 amide bonds. The molecular weight excluding hydrogens is 401 g/mol. The number of pyridine rings is 1. The number of nitrogens with two attached hydrogens (primary N) is 1. The summed E-state index contributed by atoms with van der Waals surface area (Å²) in [6, 6.07) is 9.72. The van der Waals surface area contributed by atoms with Gasteiger partial charge in [0.1, 0.15) is 11.6 Å². The smallest absolute Gasteiger partial charge is 0.254 e. The minimum Gasteiger partial charge on any atom is -0.365 e. The van der Waals surface area contributed by atoms with Gasteiger partial charge in [0.25, 0.3) is 5.91 Å². The van der Waals surface area contributed by atoms with Crippen molar-refractivity contribution in [3.63, 3.8) is 0 Å². The maximum Gasteiger partial charge on any atom is 0.254 e. The molecule has 2 aromatic heterocycles. The van der Waals surface area contributed by atoms with Crippen molar-refractivity contribution in [2.24, 2.45) is 5.73 Å². The molecule has 0 aliphatic heterocycles. The van der Waals surface area contributed by atoms with Crippen LogP contribution in [0.1, 0.15) is 28.5 Å². The Morgan fingerprint density at radius 2 is 2.04 bits per heavy atom. The van der Waals surface area contributed by atoms with Crippen LogP contribution >= 0.6 is 23.2 Å². The third-order valence-corrected chi connectivity index (χ3v) is 4.78. The highest BCUT2D eigenvalue weighted by Crippen LogP contribution is 2.28. The number of hydrogen-bond acceptors (Lipinski definition) is 4. The van der Waals surface area contributed by atoms with Crippen molar-refractivity contribution in [2.75, 3.05) is 0 Å². The molecule has 0 aliphatic carbocycles. The molecular formula is C19H15Cl2N5O2. The predicted octanol–water partition coefficient (Wildman–Crippen LogP) is 3.06. The Morgan fingerprint density at radius 3 is 2.61 bits per heavy atom. The first-order chi connectivity index (χ1) is 13.3. The summed E-state index contributed by atoms with van der Waals surface area (Å²) in [6.45, 7) is 2.59. The van der Waals surface area contributed by atoms with Crippen LogP contribution in [-0.2, 0) is 13.1 Å². The van der Waals surface area contributed by atoms with Crippen molar-refractivity contribution in [2.45, 2.75) is 20.0 Å². The van der Waals surface area contributed by atoms with Gasteiger partial charge in [0, 0.05) is 30.1 Å². The second kappa shape index (κ2) is 7.89. The zero-order chi connectivity index (χ0) is 20.4. The molecule has 1 aromatic carbocycles. The Kier molecular flexibility index (Phi) is 5.54. The van der Waals surface area contributed by atoms with Crippen LogP contribution in [0.25, 0.3) is 11.3 Å². The quantitative estimate of drug-likeness (QED) is 0.690. The molecule has 9 heteroatoms. The van der Waals surface area contributed by atoms with Gasteiger partial charge in [-0.2, -0.15) is 10.4 Å². The van der Waals surface area contributed by atoms with Crippen molar-refractivity contribution in [1.82, 2.24) is 14.3 Å². The first-order valence-electron chi connectivity index (χ1n) is 8.31. The maximum atomic E-state index is 12.7. The van der Waals surface area contributed by atoms with Crippen LogP contribution in [0.5, 0.6) is 0 Å². The summed E-state index contributed by atoms with van der Waals surface area (Å²) in [5, 5.41) is 14.0. The summed E-state index contributed by atoms with van der Waals surface area (Å²) in [7, 11) is 0. The first kappa shape index (κ1) is 19.7. The molecule has 0 unspecified atom stereocenters. The van der Waals surface area contributed by atoms with E-state index in [1.807, 2.05) is 13.0 Å². The molecule has 0 fully saturated rings. The van der Waals surface area contributed by atoms with Gasteiger partial charge in [-0.1, -0.05) is 29.3 Å². The third kappa shape index (κ3) is 3.65. The number of rotatable bonds is 5. The number of primary amides is 1. The summed E-state index contributed by atoms with van der Waals surface area (Å²) in [4.78, 5) is 24.8. The second-order valence-corrected chi connectivity index (χ2v) is 6.77. The Morgan fingerprint density at radius 1 is 1.29 bits per heavy atom. The lowest BCUT2D eigenvalue weighted by atomic mass is 10.0. The lowest BCUT2D eigenvalue weighted by Gasteiger charge is -2.20. The number of nitriles is 1. The molecule has 2 heterocycles. The normalized spacial score (nSPS) is 10.6. The third-order valence-electron chi connectivity index (χ3n) is 4.25. The fraction of sp³-hybridized carbons (Fsp3) is 0.158. The number of carbonyl (C=O) groups is 1. The SMILES string of the molecule is CCn1c(Cn2ccc(Cl)n2)cc(=O)c(C(N)=O)c1-c1ccc(Cl)c(C#N)c1. The van der Waals surface area contributed by atoms with Crippen molar-refractivity contribution in [3.05, 3.63) is 73.7 Å². The number of hydrogen-bond donors (Lipinski definition) is 1. The van der Waals surface area contributed by atoms with Crippen LogP contribution in [0, 0.1) is 11.3 Å². The molecule has 0 bridgehead atoms. The van der Waals surface area contributed by atoms with E-state index in [2.05, 4.69) is 5.10 Å². The van der Waals surface area contributed by atoms with E-state index in [-0.39, 0.29) is 22.7 Å². The number of aromatic nitrogens is 3. The highest BCUT2D eigenvalue weighted by atomic mass is 35.5. The average Bonchev–Trinajstić information content (AvgIpc) is 3.06. The molecule has 0 radical (unpaired) electrons. The van der Waals surface area contributed by atoms with E-state index in [9.17, 15) is 14.9 Å². The number of nitrogens with zero attached hydrogens (tertiary/aromatic N) is 4. The van der Waals surface area contributed by atoms with Gasteiger partial charge in [0.05, 0.1) is 22.8 Å². The van der Waals surface area contributed by atoms with E-state index >= 15 is 0 Å². The molecule has 0 aliphatic rings. The number of carbonyl (C=O) groups excluding carboxylic acids is 1. The summed E-state index contributed by atoms with van der Waals surface area (Å²) in [5.74, 6) is -0.843. The van der Waals surface area contributed by atoms with Gasteiger partial charge < -0.3 is 10.3 Å². The van der Waals surface area contributed by atoms with Gasteiger partial charge in [0.2, 0.25) is 0 Å². The Hall–Kier alpha value is -3.08. The zero-order valence-electron chi connectivity index (χ0n) is 14.8. The van der Waals surface area contributed by atoms with Gasteiger partial charge in [-0.15, -0.1) is 0 Å². The first-order valence-corrected chi connectivity index (χ1v) is 9.06. The van der Waals surface area contributed by atoms with E-state index in [1.54, 1.807) is 33.6 Å². The minimum absolute atomic E-state index is 0.143. The second-order valence-electron chi connectivity index (χ2n) is 5.97. The van der Waals surface area contributed by atoms with Crippen LogP contribution in [0.4, 0.5) is 0 Å². The fourth-order valence-corrected chi connectivity index (χ4v) is 3.39. The summed E-state index contributed by atoms with van der Waals surface area (Å²) < 4.78 is 3.38. The van der Waals surface area contributed by atoms with Crippen molar-refractivity contribution in [3.8, 4) is 17.3 Å². The van der Waals surface area contributed by atoms with E-state index < -0.39 is 11.3 Å². The molecule has 2 N–H and O–H groups in total. The van der Waals surface area contributed by atoms with Gasteiger partial charge >= 0.3 is 0 Å². The molecule has 0 atom stereocenters. The van der Waals surface area contributed by atoms with E-state index in [4.69, 9.17) is 28.9 Å². The van der Waals surface area contributed by atoms with E-state index in [0.29, 0.717) is 28.6 Å². The van der Waals surface area contributed by atoms with Gasteiger partial charge in [-0.05, 0) is 25.1 Å². The van der Waals surface area contributed by atoms with Gasteiger partial charge in [-0.3, -0.25) is 14.3 Å². The molecule has 3 rings (SSSR count). The number of amides is 1. The number of benzene rings is 1. The lowest BCUT2D eigenvalue weighted by molar-refractivity contribution is 0.0999. The summed E-state index contributed by atoms with van der Waals surface area (Å²) in [6.07, 6.45) is 1.69. The monoisotopic (exact) mass is 415 g/mol. The highest BCUT2D eigenvalue weighted by Gasteiger charge is 2.21. The largest absolute Gasteiger partial charge is 0.365 e. The van der Waals surface area contributed by atoms with Crippen LogP contribution in [0.15, 0.2) is 41.3 Å². The van der Waals surface area contributed by atoms with Crippen LogP contribution in [-0.4, -0.2) is 20.3 Å². The summed E-state index contributed by atoms with van der Waals surface area (Å²) >= 11 is 11.9. The zero-order valence-corrected chi connectivity index (χ0v) is 16.3. The van der Waals surface area contributed by atoms with Crippen LogP contribution < -0.4 is 11.2 Å². The van der Waals surface area contributed by atoms with Crippen LogP contribution in [0.2, 0.25) is 10.2 Å². The van der Waals surface area contributed by atoms with Crippen LogP contribution in [0.3, 0.4) is 0 Å². The lowest BCUT2D eigenvalue weighted by Crippen LogP contribution is -2.28. The fourth-order valence-electron chi connectivity index (χ4n) is 3.08.